The molecule has 174 valence electrons. The third kappa shape index (κ3) is 7.09. The fourth-order valence-corrected chi connectivity index (χ4v) is 4.11. The summed E-state index contributed by atoms with van der Waals surface area (Å²) in [7, 11) is -3.71. The van der Waals surface area contributed by atoms with Crippen LogP contribution >= 0.6 is 0 Å². The van der Waals surface area contributed by atoms with Crippen molar-refractivity contribution < 1.29 is 18.0 Å². The monoisotopic (exact) mass is 459 g/mol. The fraction of sp³-hybridized carbons (Fsp3) is 0.417. The SMILES string of the molecule is CCC(C)NC(=O)C(C)N(Cc1cccc(C)c1)C(=O)CN(c1ccccc1)S(C)(=O)=O. The van der Waals surface area contributed by atoms with E-state index in [4.69, 9.17) is 0 Å². The van der Waals surface area contributed by atoms with E-state index in [2.05, 4.69) is 5.32 Å². The maximum Gasteiger partial charge on any atom is 0.244 e. The maximum atomic E-state index is 13.4. The number of carbonyl (C=O) groups excluding carboxylic acids is 2. The Balaban J connectivity index is 2.36. The third-order valence-corrected chi connectivity index (χ3v) is 6.47. The van der Waals surface area contributed by atoms with Crippen molar-refractivity contribution in [1.29, 1.82) is 0 Å². The molecule has 1 N–H and O–H groups in total. The molecule has 0 saturated carbocycles. The lowest BCUT2D eigenvalue weighted by Crippen LogP contribution is -2.52. The van der Waals surface area contributed by atoms with E-state index in [0.717, 1.165) is 28.1 Å². The highest BCUT2D eigenvalue weighted by molar-refractivity contribution is 7.92. The number of hydrogen-bond acceptors (Lipinski definition) is 4. The first-order valence-corrected chi connectivity index (χ1v) is 12.6. The van der Waals surface area contributed by atoms with Gasteiger partial charge < -0.3 is 10.2 Å². The highest BCUT2D eigenvalue weighted by Gasteiger charge is 2.30. The van der Waals surface area contributed by atoms with Gasteiger partial charge in [-0.2, -0.15) is 0 Å². The van der Waals surface area contributed by atoms with E-state index in [1.54, 1.807) is 37.3 Å². The number of benzene rings is 2. The third-order valence-electron chi connectivity index (χ3n) is 5.33. The molecule has 7 nitrogen and oxygen atoms in total. The van der Waals surface area contributed by atoms with Crippen LogP contribution in [0.2, 0.25) is 0 Å². The lowest BCUT2D eigenvalue weighted by molar-refractivity contribution is -0.139. The van der Waals surface area contributed by atoms with Gasteiger partial charge in [-0.05, 0) is 44.9 Å². The van der Waals surface area contributed by atoms with Gasteiger partial charge >= 0.3 is 0 Å². The Morgan fingerprint density at radius 2 is 1.69 bits per heavy atom. The van der Waals surface area contributed by atoms with Crippen molar-refractivity contribution in [2.24, 2.45) is 0 Å². The Hall–Kier alpha value is -2.87. The molecular weight excluding hydrogens is 426 g/mol. The molecule has 2 aromatic rings. The first kappa shape index (κ1) is 25.4. The van der Waals surface area contributed by atoms with Crippen LogP contribution in [0.3, 0.4) is 0 Å². The zero-order valence-corrected chi connectivity index (χ0v) is 20.2. The summed E-state index contributed by atoms with van der Waals surface area (Å²) in [5.74, 6) is -0.724. The highest BCUT2D eigenvalue weighted by atomic mass is 32.2. The Morgan fingerprint density at radius 1 is 1.03 bits per heavy atom. The van der Waals surface area contributed by atoms with Gasteiger partial charge in [-0.3, -0.25) is 13.9 Å². The van der Waals surface area contributed by atoms with Gasteiger partial charge in [0.15, 0.2) is 0 Å². The number of para-hydroxylation sites is 1. The Kier molecular flexibility index (Phi) is 8.83. The molecule has 2 atom stereocenters. The molecule has 0 aliphatic rings. The van der Waals surface area contributed by atoms with Crippen LogP contribution in [0.1, 0.15) is 38.3 Å². The fourth-order valence-electron chi connectivity index (χ4n) is 3.26. The molecule has 0 radical (unpaired) electrons. The second-order valence-electron chi connectivity index (χ2n) is 8.11. The average molecular weight is 460 g/mol. The zero-order chi connectivity index (χ0) is 23.9. The highest BCUT2D eigenvalue weighted by Crippen LogP contribution is 2.19. The van der Waals surface area contributed by atoms with E-state index in [0.29, 0.717) is 5.69 Å². The van der Waals surface area contributed by atoms with Crippen molar-refractivity contribution in [3.63, 3.8) is 0 Å². The van der Waals surface area contributed by atoms with Gasteiger partial charge in [-0.15, -0.1) is 0 Å². The zero-order valence-electron chi connectivity index (χ0n) is 19.4. The standard InChI is InChI=1S/C24H33N3O4S/c1-6-19(3)25-24(29)20(4)26(16-21-12-10-11-18(2)15-21)23(28)17-27(32(5,30)31)22-13-8-7-9-14-22/h7-15,19-20H,6,16-17H2,1-5H3,(H,25,29). The van der Waals surface area contributed by atoms with Gasteiger partial charge in [0, 0.05) is 12.6 Å². The number of hydrogen-bond donors (Lipinski definition) is 1. The van der Waals surface area contributed by atoms with Crippen molar-refractivity contribution in [1.82, 2.24) is 10.2 Å². The van der Waals surface area contributed by atoms with Gasteiger partial charge in [0.2, 0.25) is 21.8 Å². The van der Waals surface area contributed by atoms with E-state index < -0.39 is 28.5 Å². The normalized spacial score (nSPS) is 13.2. The molecule has 0 aromatic heterocycles. The number of sulfonamides is 1. The van der Waals surface area contributed by atoms with Crippen LogP contribution in [-0.4, -0.2) is 50.0 Å². The Bertz CT molecular complexity index is 1020. The number of rotatable bonds is 10. The smallest absolute Gasteiger partial charge is 0.244 e. The van der Waals surface area contributed by atoms with Crippen LogP contribution in [0, 0.1) is 6.92 Å². The van der Waals surface area contributed by atoms with Gasteiger partial charge in [0.25, 0.3) is 0 Å². The molecule has 8 heteroatoms. The van der Waals surface area contributed by atoms with Crippen LogP contribution in [0.5, 0.6) is 0 Å². The minimum atomic E-state index is -3.71. The molecule has 0 spiro atoms. The maximum absolute atomic E-state index is 13.4. The number of carbonyl (C=O) groups is 2. The van der Waals surface area contributed by atoms with Crippen LogP contribution < -0.4 is 9.62 Å². The van der Waals surface area contributed by atoms with Crippen LogP contribution in [0.15, 0.2) is 54.6 Å². The van der Waals surface area contributed by atoms with Crippen molar-refractivity contribution in [3.05, 3.63) is 65.7 Å². The molecule has 0 saturated heterocycles. The predicted molar refractivity (Wildman–Crippen MR) is 128 cm³/mol. The van der Waals surface area contributed by atoms with Crippen LogP contribution in [0.4, 0.5) is 5.69 Å². The summed E-state index contributed by atoms with van der Waals surface area (Å²) in [6.07, 6.45) is 1.83. The molecule has 0 bridgehead atoms. The van der Waals surface area contributed by atoms with Crippen molar-refractivity contribution in [2.75, 3.05) is 17.1 Å². The number of nitrogens with zero attached hydrogens (tertiary/aromatic N) is 2. The summed E-state index contributed by atoms with van der Waals surface area (Å²) in [5.41, 5.74) is 2.30. The lowest BCUT2D eigenvalue weighted by atomic mass is 10.1. The van der Waals surface area contributed by atoms with Crippen LogP contribution in [-0.2, 0) is 26.2 Å². The molecule has 32 heavy (non-hydrogen) atoms. The summed E-state index contributed by atoms with van der Waals surface area (Å²) in [4.78, 5) is 27.7. The average Bonchev–Trinajstić information content (AvgIpc) is 2.74. The first-order valence-electron chi connectivity index (χ1n) is 10.7. The summed E-state index contributed by atoms with van der Waals surface area (Å²) in [5, 5.41) is 2.91. The van der Waals surface area contributed by atoms with Crippen LogP contribution in [0.25, 0.3) is 0 Å². The molecule has 2 aromatic carbocycles. The number of amides is 2. The summed E-state index contributed by atoms with van der Waals surface area (Å²) in [6.45, 7) is 7.29. The minimum Gasteiger partial charge on any atom is -0.352 e. The van der Waals surface area contributed by atoms with E-state index in [9.17, 15) is 18.0 Å². The molecular formula is C24H33N3O4S. The largest absolute Gasteiger partial charge is 0.352 e. The minimum absolute atomic E-state index is 0.0299. The summed E-state index contributed by atoms with van der Waals surface area (Å²) < 4.78 is 26.0. The number of aryl methyl sites for hydroxylation is 1. The molecule has 0 aliphatic heterocycles. The Morgan fingerprint density at radius 3 is 2.25 bits per heavy atom. The second-order valence-corrected chi connectivity index (χ2v) is 10.0. The quantitative estimate of drug-likeness (QED) is 0.592. The molecule has 0 heterocycles. The summed E-state index contributed by atoms with van der Waals surface area (Å²) in [6, 6.07) is 15.4. The van der Waals surface area contributed by atoms with Crippen molar-refractivity contribution >= 4 is 27.5 Å². The number of nitrogens with one attached hydrogen (secondary N) is 1. The molecule has 2 unspecified atom stereocenters. The lowest BCUT2D eigenvalue weighted by Gasteiger charge is -2.32. The van der Waals surface area contributed by atoms with Gasteiger partial charge in [0.05, 0.1) is 11.9 Å². The topological polar surface area (TPSA) is 86.8 Å². The van der Waals surface area contributed by atoms with Gasteiger partial charge in [0.1, 0.15) is 12.6 Å². The van der Waals surface area contributed by atoms with Crippen molar-refractivity contribution in [2.45, 2.75) is 52.7 Å². The molecule has 2 rings (SSSR count). The molecule has 0 fully saturated rings. The van der Waals surface area contributed by atoms with E-state index in [1.165, 1.54) is 4.90 Å². The molecule has 0 aliphatic carbocycles. The van der Waals surface area contributed by atoms with E-state index in [-0.39, 0.29) is 18.5 Å². The van der Waals surface area contributed by atoms with E-state index in [1.807, 2.05) is 45.0 Å². The molecule has 2 amide bonds. The van der Waals surface area contributed by atoms with Gasteiger partial charge in [-0.25, -0.2) is 8.42 Å². The predicted octanol–water partition coefficient (Wildman–Crippen LogP) is 3.09. The first-order chi connectivity index (χ1) is 15.0. The van der Waals surface area contributed by atoms with Gasteiger partial charge in [-0.1, -0.05) is 55.0 Å². The second kappa shape index (κ2) is 11.1. The number of anilines is 1. The Labute approximate surface area is 191 Å². The summed E-state index contributed by atoms with van der Waals surface area (Å²) >= 11 is 0. The van der Waals surface area contributed by atoms with E-state index >= 15 is 0 Å². The van der Waals surface area contributed by atoms with Crippen molar-refractivity contribution in [3.8, 4) is 0 Å².